The van der Waals surface area contributed by atoms with Crippen molar-refractivity contribution in [1.82, 2.24) is 0 Å². The van der Waals surface area contributed by atoms with Crippen LogP contribution < -0.4 is 0 Å². The minimum absolute atomic E-state index is 0.318. The molecular weight excluding hydrogens is 252 g/mol. The largest absolute Gasteiger partial charge is 0.480 e. The summed E-state index contributed by atoms with van der Waals surface area (Å²) < 4.78 is 23.3. The van der Waals surface area contributed by atoms with Gasteiger partial charge in [0.05, 0.1) is 5.75 Å². The van der Waals surface area contributed by atoms with Crippen molar-refractivity contribution < 1.29 is 18.3 Å². The zero-order chi connectivity index (χ0) is 12.3. The molecule has 88 valence electrons. The molecule has 0 aliphatic carbocycles. The highest BCUT2D eigenvalue weighted by molar-refractivity contribution is 7.91. The first-order chi connectivity index (χ1) is 7.33. The van der Waals surface area contributed by atoms with E-state index in [1.54, 1.807) is 18.2 Å². The summed E-state index contributed by atoms with van der Waals surface area (Å²) in [6, 6.07) is 6.35. The van der Waals surface area contributed by atoms with Crippen LogP contribution in [0.5, 0.6) is 0 Å². The Morgan fingerprint density at radius 2 is 2.12 bits per heavy atom. The number of benzene rings is 1. The normalized spacial score (nSPS) is 13.4. The van der Waals surface area contributed by atoms with Gasteiger partial charge in [0.1, 0.15) is 0 Å². The zero-order valence-electron chi connectivity index (χ0n) is 8.55. The van der Waals surface area contributed by atoms with Crippen LogP contribution in [-0.4, -0.2) is 24.7 Å². The maximum atomic E-state index is 11.6. The molecular formula is C10H11ClO4S. The lowest BCUT2D eigenvalue weighted by molar-refractivity contribution is -0.136. The van der Waals surface area contributed by atoms with Crippen molar-refractivity contribution in [1.29, 1.82) is 0 Å². The Hall–Kier alpha value is -1.07. The molecule has 0 radical (unpaired) electrons. The molecule has 1 aromatic carbocycles. The first-order valence-electron chi connectivity index (χ1n) is 4.52. The van der Waals surface area contributed by atoms with Gasteiger partial charge < -0.3 is 5.11 Å². The average Bonchev–Trinajstić information content (AvgIpc) is 2.15. The predicted octanol–water partition coefficient (Wildman–Crippen LogP) is 1.73. The van der Waals surface area contributed by atoms with Gasteiger partial charge in [-0.3, -0.25) is 4.79 Å². The van der Waals surface area contributed by atoms with Gasteiger partial charge in [-0.2, -0.15) is 0 Å². The smallest absolute Gasteiger partial charge is 0.321 e. The average molecular weight is 263 g/mol. The van der Waals surface area contributed by atoms with E-state index in [0.29, 0.717) is 10.6 Å². The van der Waals surface area contributed by atoms with E-state index in [1.807, 2.05) is 0 Å². The summed E-state index contributed by atoms with van der Waals surface area (Å²) in [5, 5.41) is 7.66. The van der Waals surface area contributed by atoms with Gasteiger partial charge in [-0.05, 0) is 24.6 Å². The third-order valence-corrected chi connectivity index (χ3v) is 4.39. The molecule has 1 aromatic rings. The van der Waals surface area contributed by atoms with E-state index in [4.69, 9.17) is 16.7 Å². The maximum absolute atomic E-state index is 11.6. The SMILES string of the molecule is CC(C(=O)O)S(=O)(=O)Cc1cccc(Cl)c1. The van der Waals surface area contributed by atoms with E-state index in [2.05, 4.69) is 0 Å². The van der Waals surface area contributed by atoms with Gasteiger partial charge in [-0.1, -0.05) is 23.7 Å². The van der Waals surface area contributed by atoms with Crippen LogP contribution >= 0.6 is 11.6 Å². The number of sulfone groups is 1. The minimum atomic E-state index is -3.69. The topological polar surface area (TPSA) is 71.4 Å². The fourth-order valence-electron chi connectivity index (χ4n) is 1.14. The molecule has 0 saturated heterocycles. The number of hydrogen-bond acceptors (Lipinski definition) is 3. The second kappa shape index (κ2) is 4.84. The Morgan fingerprint density at radius 1 is 1.50 bits per heavy atom. The predicted molar refractivity (Wildman–Crippen MR) is 61.2 cm³/mol. The molecule has 0 heterocycles. The minimum Gasteiger partial charge on any atom is -0.480 e. The summed E-state index contributed by atoms with van der Waals surface area (Å²) in [5.74, 6) is -1.66. The molecule has 0 saturated carbocycles. The summed E-state index contributed by atoms with van der Waals surface area (Å²) in [5.41, 5.74) is 0.487. The van der Waals surface area contributed by atoms with Gasteiger partial charge in [-0.25, -0.2) is 8.42 Å². The molecule has 0 bridgehead atoms. The highest BCUT2D eigenvalue weighted by Crippen LogP contribution is 2.15. The van der Waals surface area contributed by atoms with E-state index in [1.165, 1.54) is 6.07 Å². The van der Waals surface area contributed by atoms with Crippen LogP contribution in [0.3, 0.4) is 0 Å². The molecule has 1 atom stereocenters. The van der Waals surface area contributed by atoms with Gasteiger partial charge >= 0.3 is 5.97 Å². The summed E-state index contributed by atoms with van der Waals surface area (Å²) in [4.78, 5) is 10.6. The fraction of sp³-hybridized carbons (Fsp3) is 0.300. The van der Waals surface area contributed by atoms with Crippen molar-refractivity contribution in [3.8, 4) is 0 Å². The fourth-order valence-corrected chi connectivity index (χ4v) is 2.55. The van der Waals surface area contributed by atoms with E-state index in [-0.39, 0.29) is 5.75 Å². The molecule has 0 amide bonds. The molecule has 0 aliphatic rings. The van der Waals surface area contributed by atoms with E-state index in [0.717, 1.165) is 6.92 Å². The molecule has 0 aromatic heterocycles. The van der Waals surface area contributed by atoms with Crippen molar-refractivity contribution in [3.63, 3.8) is 0 Å². The number of aliphatic carboxylic acids is 1. The number of carbonyl (C=O) groups is 1. The Bertz CT molecular complexity index is 495. The van der Waals surface area contributed by atoms with Gasteiger partial charge in [0, 0.05) is 5.02 Å². The monoisotopic (exact) mass is 262 g/mol. The van der Waals surface area contributed by atoms with Crippen LogP contribution in [0.2, 0.25) is 5.02 Å². The first kappa shape index (κ1) is 13.0. The van der Waals surface area contributed by atoms with E-state index >= 15 is 0 Å². The molecule has 0 spiro atoms. The number of carboxylic acid groups (broad SMARTS) is 1. The zero-order valence-corrected chi connectivity index (χ0v) is 10.1. The summed E-state index contributed by atoms with van der Waals surface area (Å²) in [7, 11) is -3.69. The summed E-state index contributed by atoms with van der Waals surface area (Å²) >= 11 is 5.70. The van der Waals surface area contributed by atoms with Crippen molar-refractivity contribution in [2.45, 2.75) is 17.9 Å². The molecule has 16 heavy (non-hydrogen) atoms. The molecule has 6 heteroatoms. The third kappa shape index (κ3) is 3.21. The van der Waals surface area contributed by atoms with Crippen molar-refractivity contribution in [2.75, 3.05) is 0 Å². The van der Waals surface area contributed by atoms with Crippen LogP contribution in [0.25, 0.3) is 0 Å². The summed E-state index contributed by atoms with van der Waals surface area (Å²) in [6.07, 6.45) is 0. The summed E-state index contributed by atoms with van der Waals surface area (Å²) in [6.45, 7) is 1.15. The molecule has 1 unspecified atom stereocenters. The van der Waals surface area contributed by atoms with Crippen LogP contribution in [0.4, 0.5) is 0 Å². The Kier molecular flexibility index (Phi) is 3.93. The van der Waals surface area contributed by atoms with Crippen molar-refractivity contribution >= 4 is 27.4 Å². The van der Waals surface area contributed by atoms with E-state index < -0.39 is 21.1 Å². The number of halogens is 1. The lowest BCUT2D eigenvalue weighted by Gasteiger charge is -2.08. The van der Waals surface area contributed by atoms with Crippen LogP contribution in [0.1, 0.15) is 12.5 Å². The molecule has 0 aliphatic heterocycles. The quantitative estimate of drug-likeness (QED) is 0.897. The Morgan fingerprint density at radius 3 is 2.62 bits per heavy atom. The second-order valence-electron chi connectivity index (χ2n) is 3.42. The molecule has 1 rings (SSSR count). The highest BCUT2D eigenvalue weighted by Gasteiger charge is 2.27. The van der Waals surface area contributed by atoms with Crippen LogP contribution in [0, 0.1) is 0 Å². The Labute approximate surface area is 98.8 Å². The molecule has 0 fully saturated rings. The lowest BCUT2D eigenvalue weighted by Crippen LogP contribution is -2.28. The van der Waals surface area contributed by atoms with Gasteiger partial charge in [0.15, 0.2) is 15.1 Å². The second-order valence-corrected chi connectivity index (χ2v) is 6.18. The Balaban J connectivity index is 2.93. The van der Waals surface area contributed by atoms with Gasteiger partial charge in [0.25, 0.3) is 0 Å². The van der Waals surface area contributed by atoms with Crippen molar-refractivity contribution in [2.24, 2.45) is 0 Å². The highest BCUT2D eigenvalue weighted by atomic mass is 35.5. The van der Waals surface area contributed by atoms with Gasteiger partial charge in [0.2, 0.25) is 0 Å². The van der Waals surface area contributed by atoms with Crippen molar-refractivity contribution in [3.05, 3.63) is 34.9 Å². The lowest BCUT2D eigenvalue weighted by atomic mass is 10.2. The third-order valence-electron chi connectivity index (χ3n) is 2.14. The molecule has 1 N–H and O–H groups in total. The molecule has 4 nitrogen and oxygen atoms in total. The van der Waals surface area contributed by atoms with E-state index in [9.17, 15) is 13.2 Å². The maximum Gasteiger partial charge on any atom is 0.321 e. The first-order valence-corrected chi connectivity index (χ1v) is 6.61. The van der Waals surface area contributed by atoms with Gasteiger partial charge in [-0.15, -0.1) is 0 Å². The number of hydrogen-bond donors (Lipinski definition) is 1. The number of rotatable bonds is 4. The standard InChI is InChI=1S/C10H11ClO4S/c1-7(10(12)13)16(14,15)6-8-3-2-4-9(11)5-8/h2-5,7H,6H2,1H3,(H,12,13). The van der Waals surface area contributed by atoms with Crippen LogP contribution in [0.15, 0.2) is 24.3 Å². The number of carboxylic acids is 1. The van der Waals surface area contributed by atoms with Crippen LogP contribution in [-0.2, 0) is 20.4 Å².